The van der Waals surface area contributed by atoms with Crippen LogP contribution in [0.5, 0.6) is 0 Å². The Hall–Kier alpha value is -2.06. The number of amides is 1. The van der Waals surface area contributed by atoms with Crippen molar-refractivity contribution in [2.45, 2.75) is 12.1 Å². The number of rotatable bonds is 5. The van der Waals surface area contributed by atoms with Crippen LogP contribution in [0, 0.1) is 6.92 Å². The number of morpholine rings is 1. The van der Waals surface area contributed by atoms with E-state index in [4.69, 9.17) is 4.74 Å². The molecule has 134 valence electrons. The van der Waals surface area contributed by atoms with Crippen LogP contribution in [0.15, 0.2) is 29.4 Å². The van der Waals surface area contributed by atoms with Gasteiger partial charge in [-0.2, -0.15) is 0 Å². The molecule has 2 aromatic rings. The first-order chi connectivity index (χ1) is 12.1. The van der Waals surface area contributed by atoms with E-state index in [1.165, 1.54) is 11.8 Å². The minimum Gasteiger partial charge on any atom is -0.378 e. The topological polar surface area (TPSA) is 63.5 Å². The molecule has 7 nitrogen and oxygen atoms in total. The molecule has 3 rings (SSSR count). The lowest BCUT2D eigenvalue weighted by atomic mass is 10.2. The molecule has 0 atom stereocenters. The molecule has 1 aliphatic rings. The van der Waals surface area contributed by atoms with E-state index < -0.39 is 0 Å². The maximum atomic E-state index is 12.0. The zero-order valence-corrected chi connectivity index (χ0v) is 15.6. The highest BCUT2D eigenvalue weighted by Crippen LogP contribution is 2.28. The molecule has 25 heavy (non-hydrogen) atoms. The second-order valence-electron chi connectivity index (χ2n) is 6.08. The third-order valence-electron chi connectivity index (χ3n) is 4.09. The molecule has 8 heteroatoms. The highest BCUT2D eigenvalue weighted by molar-refractivity contribution is 7.99. The Bertz CT molecular complexity index is 740. The van der Waals surface area contributed by atoms with Crippen LogP contribution in [0.3, 0.4) is 0 Å². The SMILES string of the molecule is Cc1ccccc1-n1c(SCC(=O)N(C)C)nnc1N1CCOCC1. The lowest BCUT2D eigenvalue weighted by Gasteiger charge is -2.28. The number of carbonyl (C=O) groups excluding carboxylic acids is 1. The summed E-state index contributed by atoms with van der Waals surface area (Å²) in [4.78, 5) is 15.7. The van der Waals surface area contributed by atoms with E-state index in [2.05, 4.69) is 34.2 Å². The van der Waals surface area contributed by atoms with Crippen molar-refractivity contribution in [3.8, 4) is 5.69 Å². The predicted molar refractivity (Wildman–Crippen MR) is 98.5 cm³/mol. The highest BCUT2D eigenvalue weighted by Gasteiger charge is 2.23. The van der Waals surface area contributed by atoms with Gasteiger partial charge in [0.15, 0.2) is 5.16 Å². The first kappa shape index (κ1) is 17.8. The Morgan fingerprint density at radius 3 is 2.64 bits per heavy atom. The van der Waals surface area contributed by atoms with Crippen LogP contribution in [0.1, 0.15) is 5.56 Å². The van der Waals surface area contributed by atoms with Gasteiger partial charge in [-0.05, 0) is 18.6 Å². The fraction of sp³-hybridized carbons (Fsp3) is 0.471. The van der Waals surface area contributed by atoms with Gasteiger partial charge in [-0.3, -0.25) is 9.36 Å². The van der Waals surface area contributed by atoms with E-state index in [0.717, 1.165) is 35.4 Å². The van der Waals surface area contributed by atoms with Crippen LogP contribution in [0.4, 0.5) is 5.95 Å². The van der Waals surface area contributed by atoms with Gasteiger partial charge in [-0.15, -0.1) is 10.2 Å². The summed E-state index contributed by atoms with van der Waals surface area (Å²) >= 11 is 1.41. The molecule has 1 fully saturated rings. The van der Waals surface area contributed by atoms with Gasteiger partial charge in [0.05, 0.1) is 24.7 Å². The van der Waals surface area contributed by atoms with Crippen molar-refractivity contribution in [3.63, 3.8) is 0 Å². The molecule has 0 unspecified atom stereocenters. The number of para-hydroxylation sites is 1. The number of aromatic nitrogens is 3. The maximum absolute atomic E-state index is 12.0. The molecular weight excluding hydrogens is 338 g/mol. The number of hydrogen-bond acceptors (Lipinski definition) is 6. The van der Waals surface area contributed by atoms with Crippen LogP contribution in [0.2, 0.25) is 0 Å². The third kappa shape index (κ3) is 3.96. The number of hydrogen-bond donors (Lipinski definition) is 0. The van der Waals surface area contributed by atoms with Gasteiger partial charge in [0.1, 0.15) is 0 Å². The van der Waals surface area contributed by atoms with Gasteiger partial charge >= 0.3 is 0 Å². The van der Waals surface area contributed by atoms with E-state index in [1.807, 2.05) is 16.7 Å². The molecule has 0 radical (unpaired) electrons. The molecular formula is C17H23N5O2S. The summed E-state index contributed by atoms with van der Waals surface area (Å²) in [6.07, 6.45) is 0. The number of ether oxygens (including phenoxy) is 1. The lowest BCUT2D eigenvalue weighted by molar-refractivity contribution is -0.125. The molecule has 1 amide bonds. The summed E-state index contributed by atoms with van der Waals surface area (Å²) in [5.74, 6) is 1.19. The number of nitrogens with zero attached hydrogens (tertiary/aromatic N) is 5. The largest absolute Gasteiger partial charge is 0.378 e. The van der Waals surface area contributed by atoms with Gasteiger partial charge < -0.3 is 14.5 Å². The third-order valence-corrected chi connectivity index (χ3v) is 5.00. The van der Waals surface area contributed by atoms with E-state index in [-0.39, 0.29) is 5.91 Å². The Labute approximate surface area is 152 Å². The van der Waals surface area contributed by atoms with Gasteiger partial charge in [-0.25, -0.2) is 0 Å². The van der Waals surface area contributed by atoms with Gasteiger partial charge in [0.25, 0.3) is 0 Å². The maximum Gasteiger partial charge on any atom is 0.232 e. The number of carbonyl (C=O) groups is 1. The molecule has 0 bridgehead atoms. The molecule has 0 spiro atoms. The molecule has 1 aromatic carbocycles. The molecule has 0 saturated carbocycles. The first-order valence-electron chi connectivity index (χ1n) is 8.25. The summed E-state index contributed by atoms with van der Waals surface area (Å²) in [5, 5.41) is 9.51. The number of thioether (sulfide) groups is 1. The van der Waals surface area contributed by atoms with Crippen LogP contribution < -0.4 is 4.90 Å². The van der Waals surface area contributed by atoms with Gasteiger partial charge in [0.2, 0.25) is 11.9 Å². The molecule has 1 saturated heterocycles. The summed E-state index contributed by atoms with van der Waals surface area (Å²) in [7, 11) is 3.52. The summed E-state index contributed by atoms with van der Waals surface area (Å²) < 4.78 is 7.50. The summed E-state index contributed by atoms with van der Waals surface area (Å²) in [5.41, 5.74) is 2.17. The standard InChI is InChI=1S/C17H23N5O2S/c1-13-6-4-5-7-14(13)22-16(21-8-10-24-11-9-21)18-19-17(22)25-12-15(23)20(2)3/h4-7H,8-12H2,1-3H3. The normalized spacial score (nSPS) is 14.6. The average Bonchev–Trinajstić information content (AvgIpc) is 3.04. The zero-order valence-electron chi connectivity index (χ0n) is 14.8. The van der Waals surface area contributed by atoms with Crippen LogP contribution in [0.25, 0.3) is 5.69 Å². The monoisotopic (exact) mass is 361 g/mol. The zero-order chi connectivity index (χ0) is 17.8. The molecule has 0 aliphatic carbocycles. The number of benzene rings is 1. The smallest absolute Gasteiger partial charge is 0.232 e. The van der Waals surface area contributed by atoms with Crippen molar-refractivity contribution in [2.75, 3.05) is 51.1 Å². The van der Waals surface area contributed by atoms with Crippen molar-refractivity contribution in [1.29, 1.82) is 0 Å². The fourth-order valence-electron chi connectivity index (χ4n) is 2.60. The first-order valence-corrected chi connectivity index (χ1v) is 9.23. The van der Waals surface area contributed by atoms with E-state index >= 15 is 0 Å². The summed E-state index contributed by atoms with van der Waals surface area (Å²) in [6.45, 7) is 5.00. The Balaban J connectivity index is 1.96. The minimum absolute atomic E-state index is 0.0530. The fourth-order valence-corrected chi connectivity index (χ4v) is 3.52. The Morgan fingerprint density at radius 1 is 1.24 bits per heavy atom. The van der Waals surface area contributed by atoms with Crippen LogP contribution in [-0.4, -0.2) is 71.7 Å². The van der Waals surface area contributed by atoms with Gasteiger partial charge in [-0.1, -0.05) is 30.0 Å². The number of aryl methyl sites for hydroxylation is 1. The average molecular weight is 361 g/mol. The Kier molecular flexibility index (Phi) is 5.60. The molecule has 1 aromatic heterocycles. The van der Waals surface area contributed by atoms with E-state index in [1.54, 1.807) is 19.0 Å². The van der Waals surface area contributed by atoms with Crippen molar-refractivity contribution >= 4 is 23.6 Å². The molecule has 2 heterocycles. The van der Waals surface area contributed by atoms with E-state index in [9.17, 15) is 4.79 Å². The minimum atomic E-state index is 0.0530. The molecule has 0 N–H and O–H groups in total. The van der Waals surface area contributed by atoms with Crippen molar-refractivity contribution in [1.82, 2.24) is 19.7 Å². The quantitative estimate of drug-likeness (QED) is 0.754. The van der Waals surface area contributed by atoms with E-state index in [0.29, 0.717) is 19.0 Å². The second kappa shape index (κ2) is 7.88. The van der Waals surface area contributed by atoms with Crippen molar-refractivity contribution in [3.05, 3.63) is 29.8 Å². The van der Waals surface area contributed by atoms with Crippen molar-refractivity contribution < 1.29 is 9.53 Å². The predicted octanol–water partition coefficient (Wildman–Crippen LogP) is 1.59. The summed E-state index contributed by atoms with van der Waals surface area (Å²) in [6, 6.07) is 8.14. The lowest BCUT2D eigenvalue weighted by Crippen LogP contribution is -2.38. The number of anilines is 1. The molecule has 1 aliphatic heterocycles. The van der Waals surface area contributed by atoms with Gasteiger partial charge in [0, 0.05) is 27.2 Å². The van der Waals surface area contributed by atoms with Crippen molar-refractivity contribution in [2.24, 2.45) is 0 Å². The second-order valence-corrected chi connectivity index (χ2v) is 7.02. The highest BCUT2D eigenvalue weighted by atomic mass is 32.2. The van der Waals surface area contributed by atoms with Crippen LogP contribution >= 0.6 is 11.8 Å². The Morgan fingerprint density at radius 2 is 1.96 bits per heavy atom. The van der Waals surface area contributed by atoms with Crippen LogP contribution in [-0.2, 0) is 9.53 Å².